The molecule has 1 fully saturated rings. The van der Waals surface area contributed by atoms with Crippen molar-refractivity contribution in [3.8, 4) is 5.75 Å². The van der Waals surface area contributed by atoms with Crippen molar-refractivity contribution in [2.75, 3.05) is 14.2 Å². The largest absolute Gasteiger partial charge is 0.494 e. The molecule has 0 bridgehead atoms. The molecular formula is C19H19F4N3O3. The van der Waals surface area contributed by atoms with Crippen LogP contribution < -0.4 is 10.3 Å². The molecule has 1 aromatic heterocycles. The molecular weight excluding hydrogens is 394 g/mol. The molecule has 1 heterocycles. The number of rotatable bonds is 6. The van der Waals surface area contributed by atoms with Gasteiger partial charge >= 0.3 is 6.18 Å². The third-order valence-corrected chi connectivity index (χ3v) is 4.64. The number of carbonyl (C=O) groups is 1. The number of hydrogen-bond donors (Lipinski definition) is 0. The summed E-state index contributed by atoms with van der Waals surface area (Å²) in [6.45, 7) is -0.638. The van der Waals surface area contributed by atoms with Crippen LogP contribution in [0.2, 0.25) is 0 Å². The Labute approximate surface area is 163 Å². The number of carbonyl (C=O) groups excluding carboxylic acids is 1. The summed E-state index contributed by atoms with van der Waals surface area (Å²) in [7, 11) is 2.73. The van der Waals surface area contributed by atoms with Crippen molar-refractivity contribution in [2.45, 2.75) is 38.0 Å². The maximum absolute atomic E-state index is 13.8. The molecule has 0 atom stereocenters. The van der Waals surface area contributed by atoms with E-state index in [-0.39, 0.29) is 23.9 Å². The Morgan fingerprint density at radius 3 is 2.55 bits per heavy atom. The molecule has 1 aromatic carbocycles. The predicted molar refractivity (Wildman–Crippen MR) is 94.9 cm³/mol. The van der Waals surface area contributed by atoms with Crippen LogP contribution in [0.3, 0.4) is 0 Å². The van der Waals surface area contributed by atoms with E-state index in [2.05, 4.69) is 5.10 Å². The third kappa shape index (κ3) is 4.75. The minimum atomic E-state index is -4.83. The summed E-state index contributed by atoms with van der Waals surface area (Å²) in [6.07, 6.45) is -3.44. The quantitative estimate of drug-likeness (QED) is 0.684. The summed E-state index contributed by atoms with van der Waals surface area (Å²) in [5.41, 5.74) is -2.08. The minimum absolute atomic E-state index is 0.00292. The van der Waals surface area contributed by atoms with Crippen LogP contribution in [-0.4, -0.2) is 34.7 Å². The van der Waals surface area contributed by atoms with Crippen LogP contribution in [0.4, 0.5) is 17.6 Å². The summed E-state index contributed by atoms with van der Waals surface area (Å²) < 4.78 is 58.8. The number of hydrogen-bond acceptors (Lipinski definition) is 4. The number of aromatic nitrogens is 2. The first-order valence-corrected chi connectivity index (χ1v) is 8.85. The van der Waals surface area contributed by atoms with Crippen LogP contribution in [-0.2, 0) is 24.1 Å². The van der Waals surface area contributed by atoms with E-state index in [4.69, 9.17) is 4.74 Å². The molecule has 29 heavy (non-hydrogen) atoms. The molecule has 0 aliphatic heterocycles. The number of halogens is 4. The molecule has 1 saturated carbocycles. The van der Waals surface area contributed by atoms with E-state index in [1.165, 1.54) is 31.2 Å². The Balaban J connectivity index is 1.80. The Morgan fingerprint density at radius 1 is 1.31 bits per heavy atom. The summed E-state index contributed by atoms with van der Waals surface area (Å²) in [4.78, 5) is 25.8. The number of nitrogens with zero attached hydrogens (tertiary/aromatic N) is 3. The van der Waals surface area contributed by atoms with Gasteiger partial charge < -0.3 is 9.64 Å². The fraction of sp³-hybridized carbons (Fsp3) is 0.421. The highest BCUT2D eigenvalue weighted by molar-refractivity contribution is 5.75. The van der Waals surface area contributed by atoms with Gasteiger partial charge in [0.25, 0.3) is 5.56 Å². The monoisotopic (exact) mass is 413 g/mol. The minimum Gasteiger partial charge on any atom is -0.494 e. The van der Waals surface area contributed by atoms with Gasteiger partial charge in [-0.2, -0.15) is 18.3 Å². The van der Waals surface area contributed by atoms with Crippen LogP contribution in [0.15, 0.2) is 29.1 Å². The van der Waals surface area contributed by atoms with Gasteiger partial charge in [-0.15, -0.1) is 0 Å². The van der Waals surface area contributed by atoms with Crippen molar-refractivity contribution < 1.29 is 27.1 Å². The van der Waals surface area contributed by atoms with Gasteiger partial charge in [0, 0.05) is 19.5 Å². The highest BCUT2D eigenvalue weighted by Crippen LogP contribution is 2.40. The molecule has 156 valence electrons. The van der Waals surface area contributed by atoms with Gasteiger partial charge in [-0.1, -0.05) is 6.07 Å². The molecule has 0 spiro atoms. The zero-order valence-electron chi connectivity index (χ0n) is 15.8. The van der Waals surface area contributed by atoms with E-state index in [0.29, 0.717) is 23.1 Å². The topological polar surface area (TPSA) is 64.4 Å². The van der Waals surface area contributed by atoms with Crippen molar-refractivity contribution in [2.24, 2.45) is 0 Å². The summed E-state index contributed by atoms with van der Waals surface area (Å²) >= 11 is 0. The van der Waals surface area contributed by atoms with Gasteiger partial charge in [0.15, 0.2) is 11.6 Å². The van der Waals surface area contributed by atoms with Crippen molar-refractivity contribution >= 4 is 5.91 Å². The number of benzene rings is 1. The van der Waals surface area contributed by atoms with Gasteiger partial charge in [-0.25, -0.2) is 9.07 Å². The standard InChI is InChI=1S/C19H19F4N3O3/c1-25(9-11-3-6-16(29-2)14(20)7-11)17(27)10-26-18(28)13(19(21,22)23)8-15(24-26)12-4-5-12/h3,6-8,12H,4-5,9-10H2,1-2H3. The number of ether oxygens (including phenoxy) is 1. The fourth-order valence-corrected chi connectivity index (χ4v) is 2.87. The highest BCUT2D eigenvalue weighted by Gasteiger charge is 2.37. The highest BCUT2D eigenvalue weighted by atomic mass is 19.4. The lowest BCUT2D eigenvalue weighted by molar-refractivity contribution is -0.140. The van der Waals surface area contributed by atoms with E-state index in [1.807, 2.05) is 0 Å². The average Bonchev–Trinajstić information content (AvgIpc) is 3.47. The molecule has 1 amide bonds. The van der Waals surface area contributed by atoms with Gasteiger partial charge in [0.05, 0.1) is 12.8 Å². The summed E-state index contributed by atoms with van der Waals surface area (Å²) in [6, 6.07) is 4.93. The van der Waals surface area contributed by atoms with E-state index in [9.17, 15) is 27.2 Å². The van der Waals surface area contributed by atoms with Gasteiger partial charge in [0.2, 0.25) is 5.91 Å². The van der Waals surface area contributed by atoms with Gasteiger partial charge in [-0.05, 0) is 36.6 Å². The fourth-order valence-electron chi connectivity index (χ4n) is 2.87. The lowest BCUT2D eigenvalue weighted by atomic mass is 10.2. The second-order valence-electron chi connectivity index (χ2n) is 6.94. The zero-order valence-corrected chi connectivity index (χ0v) is 15.8. The molecule has 10 heteroatoms. The van der Waals surface area contributed by atoms with Crippen LogP contribution >= 0.6 is 0 Å². The van der Waals surface area contributed by atoms with Gasteiger partial charge in [-0.3, -0.25) is 9.59 Å². The van der Waals surface area contributed by atoms with Crippen LogP contribution in [0.25, 0.3) is 0 Å². The number of methoxy groups -OCH3 is 1. The lowest BCUT2D eigenvalue weighted by Gasteiger charge is -2.19. The normalized spacial score (nSPS) is 14.0. The SMILES string of the molecule is COc1ccc(CN(C)C(=O)Cn2nc(C3CC3)cc(C(F)(F)F)c2=O)cc1F. The molecule has 0 saturated heterocycles. The predicted octanol–water partition coefficient (Wildman–Crippen LogP) is 2.95. The summed E-state index contributed by atoms with van der Waals surface area (Å²) in [5, 5.41) is 3.95. The third-order valence-electron chi connectivity index (χ3n) is 4.64. The van der Waals surface area contributed by atoms with E-state index in [1.54, 1.807) is 6.07 Å². The smallest absolute Gasteiger partial charge is 0.421 e. The molecule has 1 aliphatic rings. The Kier molecular flexibility index (Phi) is 5.63. The van der Waals surface area contributed by atoms with Crippen molar-refractivity contribution in [1.82, 2.24) is 14.7 Å². The molecule has 2 aromatic rings. The van der Waals surface area contributed by atoms with Crippen molar-refractivity contribution in [3.05, 3.63) is 57.3 Å². The Bertz CT molecular complexity index is 984. The molecule has 0 radical (unpaired) electrons. The van der Waals surface area contributed by atoms with Crippen LogP contribution in [0, 0.1) is 5.82 Å². The van der Waals surface area contributed by atoms with E-state index in [0.717, 1.165) is 6.07 Å². The molecule has 3 rings (SSSR count). The molecule has 1 aliphatic carbocycles. The lowest BCUT2D eigenvalue weighted by Crippen LogP contribution is -2.37. The summed E-state index contributed by atoms with van der Waals surface area (Å²) in [5.74, 6) is -1.30. The van der Waals surface area contributed by atoms with Crippen molar-refractivity contribution in [3.63, 3.8) is 0 Å². The first kappa shape index (κ1) is 20.8. The molecule has 0 unspecified atom stereocenters. The number of amides is 1. The maximum atomic E-state index is 13.8. The number of likely N-dealkylation sites (N-methyl/N-ethyl adjacent to an activating group) is 1. The molecule has 6 nitrogen and oxygen atoms in total. The zero-order chi connectivity index (χ0) is 21.3. The Hall–Kier alpha value is -2.91. The first-order chi connectivity index (χ1) is 13.6. The second-order valence-corrected chi connectivity index (χ2v) is 6.94. The van der Waals surface area contributed by atoms with Crippen molar-refractivity contribution in [1.29, 1.82) is 0 Å². The van der Waals surface area contributed by atoms with Crippen LogP contribution in [0.5, 0.6) is 5.75 Å². The molecule has 0 N–H and O–H groups in total. The number of alkyl halides is 3. The average molecular weight is 413 g/mol. The first-order valence-electron chi connectivity index (χ1n) is 8.85. The second kappa shape index (κ2) is 7.84. The van der Waals surface area contributed by atoms with Crippen LogP contribution in [0.1, 0.15) is 35.6 Å². The maximum Gasteiger partial charge on any atom is 0.421 e. The Morgan fingerprint density at radius 2 is 2.00 bits per heavy atom. The van der Waals surface area contributed by atoms with E-state index < -0.39 is 35.6 Å². The van der Waals surface area contributed by atoms with Gasteiger partial charge in [0.1, 0.15) is 12.1 Å². The van der Waals surface area contributed by atoms with E-state index >= 15 is 0 Å².